The second-order valence-electron chi connectivity index (χ2n) is 4.95. The molecule has 3 rings (SSSR count). The first kappa shape index (κ1) is 13.6. The van der Waals surface area contributed by atoms with Crippen LogP contribution < -0.4 is 16.4 Å². The van der Waals surface area contributed by atoms with Crippen molar-refractivity contribution in [1.29, 1.82) is 0 Å². The van der Waals surface area contributed by atoms with E-state index in [1.807, 2.05) is 6.92 Å². The smallest absolute Gasteiger partial charge is 0.175 e. The molecule has 2 aromatic rings. The number of ether oxygens (including phenoxy) is 1. The minimum Gasteiger partial charge on any atom is -0.393 e. The Balaban J connectivity index is 1.68. The first-order valence-electron chi connectivity index (χ1n) is 6.88. The Hall–Kier alpha value is -2.35. The fourth-order valence-corrected chi connectivity index (χ4v) is 2.20. The van der Waals surface area contributed by atoms with Gasteiger partial charge in [-0.3, -0.25) is 0 Å². The van der Waals surface area contributed by atoms with Crippen molar-refractivity contribution < 1.29 is 9.26 Å². The summed E-state index contributed by atoms with van der Waals surface area (Å²) in [7, 11) is 0. The summed E-state index contributed by atoms with van der Waals surface area (Å²) in [5.41, 5.74) is 6.51. The monoisotopic (exact) mass is 290 g/mol. The van der Waals surface area contributed by atoms with Gasteiger partial charge in [0, 0.05) is 19.2 Å². The average Bonchev–Trinajstić information content (AvgIpc) is 3.12. The normalized spacial score (nSPS) is 17.9. The molecule has 112 valence electrons. The lowest BCUT2D eigenvalue weighted by Gasteiger charge is -2.14. The van der Waals surface area contributed by atoms with Gasteiger partial charge in [-0.1, -0.05) is 5.16 Å². The molecule has 0 spiro atoms. The number of hydrogen-bond donors (Lipinski definition) is 3. The maximum Gasteiger partial charge on any atom is 0.175 e. The van der Waals surface area contributed by atoms with E-state index in [2.05, 4.69) is 25.8 Å². The molecule has 0 bridgehead atoms. The van der Waals surface area contributed by atoms with E-state index in [0.717, 1.165) is 19.4 Å². The second-order valence-corrected chi connectivity index (χ2v) is 4.95. The molecule has 1 atom stereocenters. The van der Waals surface area contributed by atoms with Gasteiger partial charge in [-0.05, 0) is 19.8 Å². The van der Waals surface area contributed by atoms with E-state index in [0.29, 0.717) is 35.4 Å². The Morgan fingerprint density at radius 1 is 1.38 bits per heavy atom. The standard InChI is InChI=1S/C13H18N6O2/c1-8-5-10(19-21-8)18-13-11(14)12(16-7-17-13)15-6-9-3-2-4-20-9/h5,7,9H,2-4,6,14H2,1H3,(H2,15,16,17,18,19). The van der Waals surface area contributed by atoms with Gasteiger partial charge in [0.1, 0.15) is 17.8 Å². The molecule has 8 heteroatoms. The Morgan fingerprint density at radius 3 is 2.95 bits per heavy atom. The topological polar surface area (TPSA) is 111 Å². The van der Waals surface area contributed by atoms with Gasteiger partial charge in [0.2, 0.25) is 0 Å². The van der Waals surface area contributed by atoms with Crippen molar-refractivity contribution in [3.05, 3.63) is 18.2 Å². The summed E-state index contributed by atoms with van der Waals surface area (Å²) in [6, 6.07) is 1.76. The molecule has 2 aromatic heterocycles. The van der Waals surface area contributed by atoms with Crippen LogP contribution in [0.4, 0.5) is 23.1 Å². The minimum absolute atomic E-state index is 0.217. The highest BCUT2D eigenvalue weighted by atomic mass is 16.5. The Morgan fingerprint density at radius 2 is 2.24 bits per heavy atom. The zero-order valence-corrected chi connectivity index (χ0v) is 11.8. The number of anilines is 4. The largest absolute Gasteiger partial charge is 0.393 e. The van der Waals surface area contributed by atoms with Crippen LogP contribution in [0.15, 0.2) is 16.9 Å². The van der Waals surface area contributed by atoms with Crippen LogP contribution in [-0.4, -0.2) is 34.4 Å². The number of nitrogens with two attached hydrogens (primary N) is 1. The lowest BCUT2D eigenvalue weighted by atomic mass is 10.2. The van der Waals surface area contributed by atoms with E-state index in [9.17, 15) is 0 Å². The van der Waals surface area contributed by atoms with Crippen molar-refractivity contribution in [3.8, 4) is 0 Å². The van der Waals surface area contributed by atoms with Crippen LogP contribution in [0.3, 0.4) is 0 Å². The quantitative estimate of drug-likeness (QED) is 0.762. The summed E-state index contributed by atoms with van der Waals surface area (Å²) in [5, 5.41) is 10.1. The van der Waals surface area contributed by atoms with E-state index in [4.69, 9.17) is 15.0 Å². The van der Waals surface area contributed by atoms with Crippen molar-refractivity contribution in [3.63, 3.8) is 0 Å². The van der Waals surface area contributed by atoms with Gasteiger partial charge < -0.3 is 25.6 Å². The van der Waals surface area contributed by atoms with Crippen LogP contribution >= 0.6 is 0 Å². The number of nitrogen functional groups attached to an aromatic ring is 1. The zero-order chi connectivity index (χ0) is 14.7. The van der Waals surface area contributed by atoms with Crippen LogP contribution in [0, 0.1) is 6.92 Å². The third-order valence-corrected chi connectivity index (χ3v) is 3.28. The number of aromatic nitrogens is 3. The van der Waals surface area contributed by atoms with Gasteiger partial charge in [0.05, 0.1) is 6.10 Å². The minimum atomic E-state index is 0.217. The average molecular weight is 290 g/mol. The third-order valence-electron chi connectivity index (χ3n) is 3.28. The molecule has 3 heterocycles. The van der Waals surface area contributed by atoms with Gasteiger partial charge in [-0.15, -0.1) is 0 Å². The molecule has 0 saturated carbocycles. The summed E-state index contributed by atoms with van der Waals surface area (Å²) in [6.45, 7) is 3.32. The van der Waals surface area contributed by atoms with Crippen molar-refractivity contribution in [2.75, 3.05) is 29.5 Å². The van der Waals surface area contributed by atoms with Crippen LogP contribution in [-0.2, 0) is 4.74 Å². The summed E-state index contributed by atoms with van der Waals surface area (Å²) in [5.74, 6) is 2.35. The Labute approximate surface area is 122 Å². The van der Waals surface area contributed by atoms with Crippen LogP contribution in [0.2, 0.25) is 0 Å². The third kappa shape index (κ3) is 3.22. The molecular weight excluding hydrogens is 272 g/mol. The zero-order valence-electron chi connectivity index (χ0n) is 11.8. The summed E-state index contributed by atoms with van der Waals surface area (Å²) < 4.78 is 10.6. The van der Waals surface area contributed by atoms with E-state index in [1.165, 1.54) is 6.33 Å². The molecule has 0 radical (unpaired) electrons. The molecular formula is C13H18N6O2. The molecule has 1 aliphatic rings. The summed E-state index contributed by atoms with van der Waals surface area (Å²) >= 11 is 0. The molecule has 1 aliphatic heterocycles. The van der Waals surface area contributed by atoms with Gasteiger partial charge in [-0.25, -0.2) is 9.97 Å². The molecule has 8 nitrogen and oxygen atoms in total. The highest BCUT2D eigenvalue weighted by Crippen LogP contribution is 2.25. The number of hydrogen-bond acceptors (Lipinski definition) is 8. The van der Waals surface area contributed by atoms with Gasteiger partial charge in [-0.2, -0.15) is 0 Å². The van der Waals surface area contributed by atoms with E-state index >= 15 is 0 Å². The Bertz CT molecular complexity index is 608. The predicted molar refractivity (Wildman–Crippen MR) is 78.4 cm³/mol. The van der Waals surface area contributed by atoms with Gasteiger partial charge >= 0.3 is 0 Å². The second kappa shape index (κ2) is 5.96. The number of nitrogens with one attached hydrogen (secondary N) is 2. The van der Waals surface area contributed by atoms with E-state index < -0.39 is 0 Å². The SMILES string of the molecule is Cc1cc(Nc2ncnc(NCC3CCCO3)c2N)no1. The van der Waals surface area contributed by atoms with E-state index in [1.54, 1.807) is 6.07 Å². The molecule has 0 aromatic carbocycles. The number of rotatable bonds is 5. The van der Waals surface area contributed by atoms with Gasteiger partial charge in [0.15, 0.2) is 17.5 Å². The molecule has 21 heavy (non-hydrogen) atoms. The maximum atomic E-state index is 6.07. The number of aryl methyl sites for hydroxylation is 1. The lowest BCUT2D eigenvalue weighted by molar-refractivity contribution is 0.120. The first-order chi connectivity index (χ1) is 10.2. The molecule has 1 fully saturated rings. The highest BCUT2D eigenvalue weighted by molar-refractivity contribution is 5.76. The first-order valence-corrected chi connectivity index (χ1v) is 6.88. The van der Waals surface area contributed by atoms with Crippen molar-refractivity contribution in [2.45, 2.75) is 25.9 Å². The fourth-order valence-electron chi connectivity index (χ4n) is 2.20. The van der Waals surface area contributed by atoms with Crippen molar-refractivity contribution >= 4 is 23.1 Å². The van der Waals surface area contributed by atoms with Crippen LogP contribution in [0.25, 0.3) is 0 Å². The highest BCUT2D eigenvalue weighted by Gasteiger charge is 2.16. The molecule has 1 unspecified atom stereocenters. The maximum absolute atomic E-state index is 6.07. The van der Waals surface area contributed by atoms with E-state index in [-0.39, 0.29) is 6.10 Å². The van der Waals surface area contributed by atoms with Crippen molar-refractivity contribution in [1.82, 2.24) is 15.1 Å². The molecule has 0 aliphatic carbocycles. The van der Waals surface area contributed by atoms with Crippen LogP contribution in [0.1, 0.15) is 18.6 Å². The molecule has 0 amide bonds. The Kier molecular flexibility index (Phi) is 3.87. The summed E-state index contributed by atoms with van der Waals surface area (Å²) in [4.78, 5) is 8.28. The number of nitrogens with zero attached hydrogens (tertiary/aromatic N) is 3. The van der Waals surface area contributed by atoms with Crippen molar-refractivity contribution in [2.24, 2.45) is 0 Å². The lowest BCUT2D eigenvalue weighted by Crippen LogP contribution is -2.20. The van der Waals surface area contributed by atoms with Gasteiger partial charge in [0.25, 0.3) is 0 Å². The van der Waals surface area contributed by atoms with Crippen LogP contribution in [0.5, 0.6) is 0 Å². The summed E-state index contributed by atoms with van der Waals surface area (Å²) in [6.07, 6.45) is 3.82. The molecule has 1 saturated heterocycles. The predicted octanol–water partition coefficient (Wildman–Crippen LogP) is 1.69. The molecule has 4 N–H and O–H groups in total. The fraction of sp³-hybridized carbons (Fsp3) is 0.462.